The van der Waals surface area contributed by atoms with Crippen molar-refractivity contribution in [3.8, 4) is 11.5 Å². The molecule has 6 heteroatoms. The summed E-state index contributed by atoms with van der Waals surface area (Å²) in [5, 5.41) is 30.2. The van der Waals surface area contributed by atoms with Crippen LogP contribution in [-0.4, -0.2) is 48.9 Å². The average Bonchev–Trinajstić information content (AvgIpc) is 2.77. The second-order valence-electron chi connectivity index (χ2n) is 7.02. The number of phenolic OH excluding ortho intramolecular Hbond substituents is 1. The van der Waals surface area contributed by atoms with E-state index in [1.807, 2.05) is 42.5 Å². The molecule has 0 aliphatic carbocycles. The van der Waals surface area contributed by atoms with Gasteiger partial charge in [0.1, 0.15) is 0 Å². The molecule has 2 aromatic carbocycles. The highest BCUT2D eigenvalue weighted by atomic mass is 127. The summed E-state index contributed by atoms with van der Waals surface area (Å²) < 4.78 is 11.1. The van der Waals surface area contributed by atoms with E-state index >= 15 is 0 Å². The van der Waals surface area contributed by atoms with E-state index in [4.69, 9.17) is 9.47 Å². The van der Waals surface area contributed by atoms with Crippen LogP contribution in [0, 0.1) is 3.57 Å². The maximum absolute atomic E-state index is 10.8. The Morgan fingerprint density at radius 3 is 2.52 bits per heavy atom. The number of hydrogen-bond donors (Lipinski definition) is 3. The molecule has 2 aromatic rings. The molecule has 5 nitrogen and oxygen atoms in total. The molecule has 0 fully saturated rings. The molecule has 166 valence electrons. The van der Waals surface area contributed by atoms with Gasteiger partial charge in [-0.25, -0.2) is 0 Å². The van der Waals surface area contributed by atoms with Crippen LogP contribution >= 0.6 is 22.6 Å². The van der Waals surface area contributed by atoms with Gasteiger partial charge in [-0.05, 0) is 75.4 Å². The number of methoxy groups -OCH3 is 2. The summed E-state index contributed by atoms with van der Waals surface area (Å²) >= 11 is 2.07. The van der Waals surface area contributed by atoms with Gasteiger partial charge in [0, 0.05) is 7.11 Å². The smallest absolute Gasteiger partial charge is 0.171 e. The Bertz CT molecular complexity index is 934. The van der Waals surface area contributed by atoms with Crippen molar-refractivity contribution in [2.24, 2.45) is 0 Å². The first-order chi connectivity index (χ1) is 14.9. The predicted molar refractivity (Wildman–Crippen MR) is 133 cm³/mol. The van der Waals surface area contributed by atoms with Crippen LogP contribution in [-0.2, 0) is 4.74 Å². The molecule has 0 heterocycles. The number of halogens is 1. The summed E-state index contributed by atoms with van der Waals surface area (Å²) in [4.78, 5) is 0. The summed E-state index contributed by atoms with van der Waals surface area (Å²) in [7, 11) is 3.09. The van der Waals surface area contributed by atoms with E-state index in [-0.39, 0.29) is 19.0 Å². The standard InChI is InChI=1S/C25H29IO5/c1-17(16-30-2)21(11-12-27)23(28)10-9-20(19-7-5-4-6-8-19)13-18-14-22(26)25(29)24(15-18)31-3/h4-8,11,13-15,23,27-29H,1,9-10,12,16H2,2-3H3/b20-13-,21-11-. The number of aliphatic hydroxyl groups excluding tert-OH is 2. The molecule has 0 aromatic heterocycles. The van der Waals surface area contributed by atoms with E-state index in [9.17, 15) is 15.3 Å². The number of benzene rings is 2. The number of phenols is 1. The van der Waals surface area contributed by atoms with Gasteiger partial charge < -0.3 is 24.8 Å². The maximum atomic E-state index is 10.8. The van der Waals surface area contributed by atoms with Gasteiger partial charge >= 0.3 is 0 Å². The number of hydrogen-bond acceptors (Lipinski definition) is 5. The Balaban J connectivity index is 2.34. The lowest BCUT2D eigenvalue weighted by atomic mass is 9.93. The zero-order chi connectivity index (χ0) is 22.8. The lowest BCUT2D eigenvalue weighted by molar-refractivity contribution is 0.191. The molecule has 0 radical (unpaired) electrons. The molecule has 3 N–H and O–H groups in total. The molecule has 1 unspecified atom stereocenters. The van der Waals surface area contributed by atoms with E-state index in [2.05, 4.69) is 29.2 Å². The lowest BCUT2D eigenvalue weighted by Gasteiger charge is -2.18. The van der Waals surface area contributed by atoms with E-state index in [0.29, 0.717) is 33.3 Å². The second-order valence-corrected chi connectivity index (χ2v) is 8.18. The monoisotopic (exact) mass is 536 g/mol. The molecule has 1 atom stereocenters. The molecule has 0 aliphatic heterocycles. The topological polar surface area (TPSA) is 79.2 Å². The van der Waals surface area contributed by atoms with Crippen LogP contribution in [0.15, 0.2) is 66.3 Å². The minimum absolute atomic E-state index is 0.118. The van der Waals surface area contributed by atoms with Crippen LogP contribution in [0.5, 0.6) is 11.5 Å². The first kappa shape index (κ1) is 25.1. The molecule has 0 aliphatic rings. The Kier molecular flexibility index (Phi) is 10.3. The van der Waals surface area contributed by atoms with Crippen molar-refractivity contribution in [1.29, 1.82) is 0 Å². The highest BCUT2D eigenvalue weighted by molar-refractivity contribution is 14.1. The van der Waals surface area contributed by atoms with Crippen LogP contribution in [0.1, 0.15) is 24.0 Å². The van der Waals surface area contributed by atoms with Gasteiger partial charge in [0.05, 0.1) is 30.0 Å². The molecule has 0 saturated heterocycles. The van der Waals surface area contributed by atoms with Crippen LogP contribution in [0.4, 0.5) is 0 Å². The Morgan fingerprint density at radius 2 is 1.90 bits per heavy atom. The van der Waals surface area contributed by atoms with Gasteiger partial charge in [-0.2, -0.15) is 0 Å². The summed E-state index contributed by atoms with van der Waals surface area (Å²) in [6, 6.07) is 13.6. The van der Waals surface area contributed by atoms with Gasteiger partial charge in [-0.15, -0.1) is 0 Å². The third-order valence-corrected chi connectivity index (χ3v) is 5.66. The van der Waals surface area contributed by atoms with Gasteiger partial charge in [0.15, 0.2) is 11.5 Å². The largest absolute Gasteiger partial charge is 0.504 e. The maximum Gasteiger partial charge on any atom is 0.171 e. The molecular weight excluding hydrogens is 507 g/mol. The van der Waals surface area contributed by atoms with Gasteiger partial charge in [0.2, 0.25) is 0 Å². The fourth-order valence-corrected chi connectivity index (χ4v) is 3.93. The van der Waals surface area contributed by atoms with Gasteiger partial charge in [-0.3, -0.25) is 0 Å². The fraction of sp³-hybridized carbons (Fsp3) is 0.280. The summed E-state index contributed by atoms with van der Waals surface area (Å²) in [6.45, 7) is 4.07. The fourth-order valence-electron chi connectivity index (χ4n) is 3.31. The van der Waals surface area contributed by atoms with Crippen molar-refractivity contribution in [1.82, 2.24) is 0 Å². The van der Waals surface area contributed by atoms with E-state index < -0.39 is 6.10 Å². The Labute approximate surface area is 197 Å². The van der Waals surface area contributed by atoms with Crippen molar-refractivity contribution in [3.05, 3.63) is 81.0 Å². The van der Waals surface area contributed by atoms with Gasteiger partial charge in [0.25, 0.3) is 0 Å². The third kappa shape index (κ3) is 7.21. The van der Waals surface area contributed by atoms with Crippen molar-refractivity contribution < 1.29 is 24.8 Å². The molecule has 0 amide bonds. The first-order valence-corrected chi connectivity index (χ1v) is 11.0. The van der Waals surface area contributed by atoms with Crippen molar-refractivity contribution in [2.45, 2.75) is 18.9 Å². The average molecular weight is 536 g/mol. The third-order valence-electron chi connectivity index (χ3n) is 4.84. The Hall–Kier alpha value is -2.13. The zero-order valence-corrected chi connectivity index (χ0v) is 20.0. The van der Waals surface area contributed by atoms with E-state index in [0.717, 1.165) is 16.7 Å². The predicted octanol–water partition coefficient (Wildman–Crippen LogP) is 4.81. The Morgan fingerprint density at radius 1 is 1.19 bits per heavy atom. The SMILES string of the molecule is C=C(COC)/C(=C/CO)C(O)CC/C(=C/c1cc(I)c(O)c(OC)c1)c1ccccc1. The molecule has 31 heavy (non-hydrogen) atoms. The normalized spacial score (nSPS) is 13.2. The molecule has 0 spiro atoms. The second kappa shape index (κ2) is 12.7. The molecule has 0 bridgehead atoms. The molecule has 2 rings (SSSR count). The van der Waals surface area contributed by atoms with E-state index in [1.54, 1.807) is 19.3 Å². The van der Waals surface area contributed by atoms with Crippen LogP contribution < -0.4 is 4.74 Å². The van der Waals surface area contributed by atoms with Crippen molar-refractivity contribution >= 4 is 34.2 Å². The number of aromatic hydroxyl groups is 1. The van der Waals surface area contributed by atoms with Crippen LogP contribution in [0.25, 0.3) is 11.6 Å². The highest BCUT2D eigenvalue weighted by Crippen LogP contribution is 2.34. The molecule has 0 saturated carbocycles. The summed E-state index contributed by atoms with van der Waals surface area (Å²) in [5.74, 6) is 0.530. The van der Waals surface area contributed by atoms with E-state index in [1.165, 1.54) is 7.11 Å². The molecular formula is C25H29IO5. The number of aliphatic hydroxyl groups is 2. The van der Waals surface area contributed by atoms with Crippen molar-refractivity contribution in [3.63, 3.8) is 0 Å². The highest BCUT2D eigenvalue weighted by Gasteiger charge is 2.16. The number of rotatable bonds is 11. The lowest BCUT2D eigenvalue weighted by Crippen LogP contribution is -2.15. The van der Waals surface area contributed by atoms with Gasteiger partial charge in [-0.1, -0.05) is 49.1 Å². The number of ether oxygens (including phenoxy) is 2. The quantitative estimate of drug-likeness (QED) is 0.218. The minimum atomic E-state index is -0.781. The summed E-state index contributed by atoms with van der Waals surface area (Å²) in [6.07, 6.45) is 3.86. The van der Waals surface area contributed by atoms with Crippen LogP contribution in [0.2, 0.25) is 0 Å². The number of allylic oxidation sites excluding steroid dienone is 1. The zero-order valence-electron chi connectivity index (χ0n) is 17.8. The van der Waals surface area contributed by atoms with Crippen molar-refractivity contribution in [2.75, 3.05) is 27.4 Å². The summed E-state index contributed by atoms with van der Waals surface area (Å²) in [5.41, 5.74) is 4.20. The van der Waals surface area contributed by atoms with Crippen LogP contribution in [0.3, 0.4) is 0 Å². The minimum Gasteiger partial charge on any atom is -0.504 e. The first-order valence-electron chi connectivity index (χ1n) is 9.89.